The first-order valence-electron chi connectivity index (χ1n) is 5.05. The molecule has 0 unspecified atom stereocenters. The number of aromatic nitrogens is 1. The summed E-state index contributed by atoms with van der Waals surface area (Å²) in [6.07, 6.45) is 1.56. The van der Waals surface area contributed by atoms with Crippen LogP contribution in [0.5, 0.6) is 0 Å². The van der Waals surface area contributed by atoms with Crippen molar-refractivity contribution in [1.29, 1.82) is 0 Å². The maximum absolute atomic E-state index is 11.9. The van der Waals surface area contributed by atoms with E-state index in [0.717, 1.165) is 0 Å². The molecule has 4 nitrogen and oxygen atoms in total. The van der Waals surface area contributed by atoms with Gasteiger partial charge in [0.25, 0.3) is 11.7 Å². The van der Waals surface area contributed by atoms with Gasteiger partial charge in [-0.05, 0) is 41.9 Å². The van der Waals surface area contributed by atoms with Crippen LogP contribution in [0, 0.1) is 0 Å². The number of nitrogens with zero attached hydrogens (tertiary/aromatic N) is 2. The molecule has 0 radical (unpaired) electrons. The van der Waals surface area contributed by atoms with Crippen molar-refractivity contribution >= 4 is 27.6 Å². The largest absolute Gasteiger partial charge is 0.336 e. The zero-order valence-corrected chi connectivity index (χ0v) is 10.8. The molecular formula is C11H13BrN2O2. The molecule has 0 atom stereocenters. The van der Waals surface area contributed by atoms with Crippen LogP contribution in [0.4, 0.5) is 0 Å². The average Bonchev–Trinajstić information content (AvgIpc) is 2.30. The fraction of sp³-hybridized carbons (Fsp3) is 0.364. The highest BCUT2D eigenvalue weighted by Gasteiger charge is 2.22. The molecule has 16 heavy (non-hydrogen) atoms. The van der Waals surface area contributed by atoms with Crippen LogP contribution in [-0.2, 0) is 4.79 Å². The van der Waals surface area contributed by atoms with Crippen LogP contribution >= 0.6 is 15.9 Å². The van der Waals surface area contributed by atoms with E-state index in [-0.39, 0.29) is 0 Å². The van der Waals surface area contributed by atoms with Crippen LogP contribution in [0.2, 0.25) is 0 Å². The fourth-order valence-corrected chi connectivity index (χ4v) is 1.76. The summed E-state index contributed by atoms with van der Waals surface area (Å²) in [7, 11) is 0. The van der Waals surface area contributed by atoms with Crippen molar-refractivity contribution in [1.82, 2.24) is 9.88 Å². The minimum atomic E-state index is -0.524. The summed E-state index contributed by atoms with van der Waals surface area (Å²) in [4.78, 5) is 29.1. The summed E-state index contributed by atoms with van der Waals surface area (Å²) in [5, 5.41) is 0. The van der Waals surface area contributed by atoms with Crippen LogP contribution in [0.1, 0.15) is 24.2 Å². The third-order valence-electron chi connectivity index (χ3n) is 2.25. The van der Waals surface area contributed by atoms with Gasteiger partial charge in [0.1, 0.15) is 4.60 Å². The van der Waals surface area contributed by atoms with Gasteiger partial charge in [0.2, 0.25) is 0 Å². The zero-order valence-electron chi connectivity index (χ0n) is 9.24. The van der Waals surface area contributed by atoms with Gasteiger partial charge in [0.05, 0.1) is 5.56 Å². The number of halogens is 1. The summed E-state index contributed by atoms with van der Waals surface area (Å²) in [6.45, 7) is 4.73. The molecule has 0 aliphatic heterocycles. The quantitative estimate of drug-likeness (QED) is 0.482. The van der Waals surface area contributed by atoms with Gasteiger partial charge in [-0.1, -0.05) is 0 Å². The van der Waals surface area contributed by atoms with Gasteiger partial charge in [-0.25, -0.2) is 4.98 Å². The van der Waals surface area contributed by atoms with Gasteiger partial charge in [-0.15, -0.1) is 0 Å². The molecule has 0 aliphatic carbocycles. The number of amides is 1. The van der Waals surface area contributed by atoms with Crippen molar-refractivity contribution < 1.29 is 9.59 Å². The topological polar surface area (TPSA) is 50.3 Å². The molecule has 0 aromatic carbocycles. The van der Waals surface area contributed by atoms with E-state index >= 15 is 0 Å². The molecular weight excluding hydrogens is 272 g/mol. The molecule has 0 fully saturated rings. The van der Waals surface area contributed by atoms with E-state index in [0.29, 0.717) is 23.3 Å². The van der Waals surface area contributed by atoms with Crippen molar-refractivity contribution in [3.8, 4) is 0 Å². The molecule has 1 aromatic heterocycles. The Kier molecular flexibility index (Phi) is 4.61. The molecule has 1 amide bonds. The Hall–Kier alpha value is -1.23. The summed E-state index contributed by atoms with van der Waals surface area (Å²) in [5.41, 5.74) is 0.305. The second kappa shape index (κ2) is 5.75. The zero-order chi connectivity index (χ0) is 12.1. The average molecular weight is 285 g/mol. The van der Waals surface area contributed by atoms with Crippen molar-refractivity contribution in [2.75, 3.05) is 13.1 Å². The second-order valence-electron chi connectivity index (χ2n) is 3.15. The summed E-state index contributed by atoms with van der Waals surface area (Å²) in [6, 6.07) is 3.22. The molecule has 0 saturated heterocycles. The number of hydrogen-bond donors (Lipinski definition) is 0. The third kappa shape index (κ3) is 2.66. The van der Waals surface area contributed by atoms with E-state index in [2.05, 4.69) is 20.9 Å². The standard InChI is InChI=1S/C11H13BrN2O2/c1-3-14(4-2)11(16)9(15)8-6-5-7-13-10(8)12/h5-7H,3-4H2,1-2H3. The Bertz CT molecular complexity index is 403. The van der Waals surface area contributed by atoms with Crippen LogP contribution in [0.3, 0.4) is 0 Å². The minimum absolute atomic E-state index is 0.305. The summed E-state index contributed by atoms with van der Waals surface area (Å²) < 4.78 is 0.403. The molecule has 0 spiro atoms. The number of rotatable bonds is 4. The van der Waals surface area contributed by atoms with Crippen molar-refractivity contribution in [2.24, 2.45) is 0 Å². The Morgan fingerprint density at radius 3 is 2.50 bits per heavy atom. The first kappa shape index (κ1) is 12.8. The molecule has 1 rings (SSSR count). The number of likely N-dealkylation sites (N-methyl/N-ethyl adjacent to an activating group) is 1. The molecule has 0 N–H and O–H groups in total. The van der Waals surface area contributed by atoms with Gasteiger partial charge in [-0.3, -0.25) is 9.59 Å². The van der Waals surface area contributed by atoms with Gasteiger partial charge in [0, 0.05) is 19.3 Å². The maximum atomic E-state index is 11.9. The Balaban J connectivity index is 2.95. The lowest BCUT2D eigenvalue weighted by atomic mass is 10.1. The lowest BCUT2D eigenvalue weighted by Crippen LogP contribution is -2.36. The lowest BCUT2D eigenvalue weighted by Gasteiger charge is -2.17. The number of ketones is 1. The molecule has 0 saturated carbocycles. The SMILES string of the molecule is CCN(CC)C(=O)C(=O)c1cccnc1Br. The molecule has 0 aliphatic rings. The molecule has 0 bridgehead atoms. The van der Waals surface area contributed by atoms with Crippen molar-refractivity contribution in [3.63, 3.8) is 0 Å². The Morgan fingerprint density at radius 2 is 2.00 bits per heavy atom. The summed E-state index contributed by atoms with van der Waals surface area (Å²) in [5.74, 6) is -1.01. The van der Waals surface area contributed by atoms with Crippen LogP contribution < -0.4 is 0 Å². The first-order valence-corrected chi connectivity index (χ1v) is 5.85. The fourth-order valence-electron chi connectivity index (χ4n) is 1.33. The monoisotopic (exact) mass is 284 g/mol. The second-order valence-corrected chi connectivity index (χ2v) is 3.90. The smallest absolute Gasteiger partial charge is 0.295 e. The highest BCUT2D eigenvalue weighted by Crippen LogP contribution is 2.14. The maximum Gasteiger partial charge on any atom is 0.295 e. The summed E-state index contributed by atoms with van der Waals surface area (Å²) >= 11 is 3.16. The lowest BCUT2D eigenvalue weighted by molar-refractivity contribution is -0.126. The minimum Gasteiger partial charge on any atom is -0.336 e. The number of pyridine rings is 1. The van der Waals surface area contributed by atoms with Crippen molar-refractivity contribution in [2.45, 2.75) is 13.8 Å². The number of carbonyl (C=O) groups excluding carboxylic acids is 2. The highest BCUT2D eigenvalue weighted by molar-refractivity contribution is 9.10. The van der Waals surface area contributed by atoms with Crippen LogP contribution in [-0.4, -0.2) is 34.7 Å². The first-order chi connectivity index (χ1) is 7.61. The predicted molar refractivity (Wildman–Crippen MR) is 64.2 cm³/mol. The van der Waals surface area contributed by atoms with Crippen LogP contribution in [0.15, 0.2) is 22.9 Å². The van der Waals surface area contributed by atoms with E-state index in [1.54, 1.807) is 18.3 Å². The van der Waals surface area contributed by atoms with Crippen molar-refractivity contribution in [3.05, 3.63) is 28.5 Å². The number of carbonyl (C=O) groups is 2. The predicted octanol–water partition coefficient (Wildman–Crippen LogP) is 1.90. The van der Waals surface area contributed by atoms with Gasteiger partial charge in [0.15, 0.2) is 0 Å². The highest BCUT2D eigenvalue weighted by atomic mass is 79.9. The van der Waals surface area contributed by atoms with Gasteiger partial charge < -0.3 is 4.90 Å². The third-order valence-corrected chi connectivity index (χ3v) is 2.88. The molecule has 1 aromatic rings. The van der Waals surface area contributed by atoms with Crippen LogP contribution in [0.25, 0.3) is 0 Å². The normalized spacial score (nSPS) is 9.94. The van der Waals surface area contributed by atoms with Gasteiger partial charge >= 0.3 is 0 Å². The van der Waals surface area contributed by atoms with E-state index in [1.807, 2.05) is 13.8 Å². The Labute approximate surface area is 103 Å². The van der Waals surface area contributed by atoms with E-state index in [1.165, 1.54) is 4.90 Å². The van der Waals surface area contributed by atoms with E-state index in [9.17, 15) is 9.59 Å². The van der Waals surface area contributed by atoms with E-state index in [4.69, 9.17) is 0 Å². The molecule has 5 heteroatoms. The van der Waals surface area contributed by atoms with E-state index < -0.39 is 11.7 Å². The molecule has 86 valence electrons. The Morgan fingerprint density at radius 1 is 1.38 bits per heavy atom. The van der Waals surface area contributed by atoms with Gasteiger partial charge in [-0.2, -0.15) is 0 Å². The number of hydrogen-bond acceptors (Lipinski definition) is 3. The number of Topliss-reactive ketones (excluding diaryl/α,β-unsaturated/α-hetero) is 1. The molecule has 1 heterocycles.